The number of hydrogen-bond donors (Lipinski definition) is 2. The molecule has 0 aliphatic heterocycles. The molecule has 0 heterocycles. The maximum absolute atomic E-state index is 12.1. The highest BCUT2D eigenvalue weighted by Gasteiger charge is 2.22. The number of oxime groups is 1. The van der Waals surface area contributed by atoms with Gasteiger partial charge in [0, 0.05) is 13.1 Å². The molecule has 7 nitrogen and oxygen atoms in total. The lowest BCUT2D eigenvalue weighted by atomic mass is 9.94. The van der Waals surface area contributed by atoms with Crippen LogP contribution in [0, 0.1) is 0 Å². The third-order valence-corrected chi connectivity index (χ3v) is 4.70. The van der Waals surface area contributed by atoms with Crippen molar-refractivity contribution in [2.45, 2.75) is 44.6 Å². The van der Waals surface area contributed by atoms with Crippen molar-refractivity contribution in [1.29, 1.82) is 0 Å². The van der Waals surface area contributed by atoms with E-state index in [0.29, 0.717) is 10.7 Å². The van der Waals surface area contributed by atoms with Gasteiger partial charge in [-0.25, -0.2) is 0 Å². The van der Waals surface area contributed by atoms with E-state index in [0.717, 1.165) is 25.7 Å². The molecule has 0 unspecified atom stereocenters. The number of nitrogens with one attached hydrogen (secondary N) is 1. The number of amides is 2. The van der Waals surface area contributed by atoms with Crippen molar-refractivity contribution in [2.75, 3.05) is 19.0 Å². The number of carbonyl (C=O) groups excluding carboxylic acids is 2. The molecule has 0 atom stereocenters. The minimum atomic E-state index is -0.367. The van der Waals surface area contributed by atoms with Crippen LogP contribution in [0.3, 0.4) is 0 Å². The fraction of sp³-hybridized carbons (Fsp3) is 0.500. The standard InChI is InChI=1S/C18H25ClN4O3/c1-23(13-7-3-2-4-8-13)18(25)12-26-22-16(20)11-17(24)21-15-10-6-5-9-14(15)19/h5-6,9-10,13H,2-4,7-8,11-12H2,1H3,(H2,20,22)(H,21,24). The Hall–Kier alpha value is -2.28. The number of nitrogens with two attached hydrogens (primary N) is 1. The number of halogens is 1. The molecule has 1 aliphatic carbocycles. The number of amidine groups is 1. The van der Waals surface area contributed by atoms with E-state index in [4.69, 9.17) is 22.2 Å². The summed E-state index contributed by atoms with van der Waals surface area (Å²) < 4.78 is 0. The van der Waals surface area contributed by atoms with Crippen molar-refractivity contribution in [3.8, 4) is 0 Å². The summed E-state index contributed by atoms with van der Waals surface area (Å²) in [6.07, 6.45) is 5.42. The summed E-state index contributed by atoms with van der Waals surface area (Å²) in [5.74, 6) is -0.523. The molecule has 142 valence electrons. The Kier molecular flexibility index (Phi) is 7.72. The van der Waals surface area contributed by atoms with Crippen LogP contribution in [0.15, 0.2) is 29.4 Å². The molecule has 3 N–H and O–H groups in total. The Morgan fingerprint density at radius 1 is 1.31 bits per heavy atom. The molecule has 1 saturated carbocycles. The van der Waals surface area contributed by atoms with Gasteiger partial charge in [-0.3, -0.25) is 9.59 Å². The molecule has 0 bridgehead atoms. The molecule has 1 aromatic rings. The average Bonchev–Trinajstić information content (AvgIpc) is 2.63. The van der Waals surface area contributed by atoms with Crippen LogP contribution in [0.2, 0.25) is 5.02 Å². The Balaban J connectivity index is 1.74. The van der Waals surface area contributed by atoms with E-state index in [1.807, 2.05) is 0 Å². The van der Waals surface area contributed by atoms with Crippen molar-refractivity contribution in [3.05, 3.63) is 29.3 Å². The maximum atomic E-state index is 12.1. The molecule has 0 spiro atoms. The van der Waals surface area contributed by atoms with Crippen LogP contribution in [-0.4, -0.2) is 42.2 Å². The summed E-state index contributed by atoms with van der Waals surface area (Å²) in [7, 11) is 1.78. The summed E-state index contributed by atoms with van der Waals surface area (Å²) in [6.45, 7) is -0.195. The minimum Gasteiger partial charge on any atom is -0.384 e. The number of rotatable bonds is 7. The monoisotopic (exact) mass is 380 g/mol. The predicted octanol–water partition coefficient (Wildman–Crippen LogP) is 2.75. The average molecular weight is 381 g/mol. The fourth-order valence-electron chi connectivity index (χ4n) is 2.90. The molecule has 1 fully saturated rings. The first-order valence-corrected chi connectivity index (χ1v) is 9.09. The third kappa shape index (κ3) is 6.22. The number of carbonyl (C=O) groups is 2. The molecular formula is C18H25ClN4O3. The number of para-hydroxylation sites is 1. The van der Waals surface area contributed by atoms with Crippen LogP contribution >= 0.6 is 11.6 Å². The molecule has 0 saturated heterocycles. The summed E-state index contributed by atoms with van der Waals surface area (Å²) in [6, 6.07) is 7.15. The second-order valence-corrected chi connectivity index (χ2v) is 6.76. The largest absolute Gasteiger partial charge is 0.384 e. The lowest BCUT2D eigenvalue weighted by Gasteiger charge is -2.30. The summed E-state index contributed by atoms with van der Waals surface area (Å²) in [5.41, 5.74) is 6.18. The van der Waals surface area contributed by atoms with Gasteiger partial charge >= 0.3 is 0 Å². The van der Waals surface area contributed by atoms with Gasteiger partial charge in [-0.15, -0.1) is 0 Å². The minimum absolute atomic E-state index is 0.0114. The zero-order valence-corrected chi connectivity index (χ0v) is 15.7. The topological polar surface area (TPSA) is 97.0 Å². The Morgan fingerprint density at radius 3 is 2.69 bits per heavy atom. The van der Waals surface area contributed by atoms with Crippen LogP contribution < -0.4 is 11.1 Å². The first-order valence-electron chi connectivity index (χ1n) is 8.71. The zero-order chi connectivity index (χ0) is 18.9. The summed E-state index contributed by atoms with van der Waals surface area (Å²) >= 11 is 5.97. The Labute approximate surface area is 158 Å². The molecule has 1 aliphatic rings. The summed E-state index contributed by atoms with van der Waals surface area (Å²) in [5, 5.41) is 6.72. The van der Waals surface area contributed by atoms with Gasteiger partial charge in [0.25, 0.3) is 5.91 Å². The first kappa shape index (κ1) is 20.0. The summed E-state index contributed by atoms with van der Waals surface area (Å²) in [4.78, 5) is 30.8. The van der Waals surface area contributed by atoms with Crippen molar-refractivity contribution in [1.82, 2.24) is 4.90 Å². The molecule has 2 amide bonds. The number of anilines is 1. The fourth-order valence-corrected chi connectivity index (χ4v) is 3.08. The molecule has 2 rings (SSSR count). The first-order chi connectivity index (χ1) is 12.5. The van der Waals surface area contributed by atoms with Gasteiger partial charge in [0.15, 0.2) is 6.61 Å². The highest BCUT2D eigenvalue weighted by Crippen LogP contribution is 2.22. The molecule has 26 heavy (non-hydrogen) atoms. The van der Waals surface area contributed by atoms with Crippen molar-refractivity contribution in [3.63, 3.8) is 0 Å². The van der Waals surface area contributed by atoms with Gasteiger partial charge in [-0.05, 0) is 25.0 Å². The molecule has 0 aromatic heterocycles. The van der Waals surface area contributed by atoms with Crippen molar-refractivity contribution < 1.29 is 14.4 Å². The van der Waals surface area contributed by atoms with Gasteiger partial charge in [0.2, 0.25) is 5.91 Å². The van der Waals surface area contributed by atoms with Crippen LogP contribution in [-0.2, 0) is 14.4 Å². The Morgan fingerprint density at radius 2 is 2.00 bits per heavy atom. The molecule has 1 aromatic carbocycles. The normalized spacial score (nSPS) is 15.4. The molecular weight excluding hydrogens is 356 g/mol. The highest BCUT2D eigenvalue weighted by molar-refractivity contribution is 6.33. The quantitative estimate of drug-likeness (QED) is 0.431. The van der Waals surface area contributed by atoms with E-state index in [1.54, 1.807) is 36.2 Å². The maximum Gasteiger partial charge on any atom is 0.263 e. The lowest BCUT2D eigenvalue weighted by molar-refractivity contribution is -0.137. The van der Waals surface area contributed by atoms with Crippen LogP contribution in [0.25, 0.3) is 0 Å². The van der Waals surface area contributed by atoms with E-state index in [9.17, 15) is 9.59 Å². The van der Waals surface area contributed by atoms with Crippen molar-refractivity contribution >= 4 is 34.9 Å². The van der Waals surface area contributed by atoms with Gasteiger partial charge in [-0.1, -0.05) is 48.2 Å². The number of nitrogens with zero attached hydrogens (tertiary/aromatic N) is 2. The highest BCUT2D eigenvalue weighted by atomic mass is 35.5. The van der Waals surface area contributed by atoms with E-state index in [1.165, 1.54) is 6.42 Å². The molecule has 8 heteroatoms. The van der Waals surface area contributed by atoms with E-state index in [2.05, 4.69) is 10.5 Å². The second-order valence-electron chi connectivity index (χ2n) is 6.36. The third-order valence-electron chi connectivity index (χ3n) is 4.38. The van der Waals surface area contributed by atoms with Gasteiger partial charge < -0.3 is 20.8 Å². The van der Waals surface area contributed by atoms with E-state index < -0.39 is 0 Å². The van der Waals surface area contributed by atoms with E-state index in [-0.39, 0.29) is 36.7 Å². The smallest absolute Gasteiger partial charge is 0.263 e. The van der Waals surface area contributed by atoms with Gasteiger partial charge in [0.05, 0.1) is 17.1 Å². The van der Waals surface area contributed by atoms with Crippen LogP contribution in [0.5, 0.6) is 0 Å². The van der Waals surface area contributed by atoms with Gasteiger partial charge in [0.1, 0.15) is 5.84 Å². The number of hydrogen-bond acceptors (Lipinski definition) is 4. The zero-order valence-electron chi connectivity index (χ0n) is 14.9. The molecule has 0 radical (unpaired) electrons. The van der Waals surface area contributed by atoms with Crippen LogP contribution in [0.4, 0.5) is 5.69 Å². The van der Waals surface area contributed by atoms with Gasteiger partial charge in [-0.2, -0.15) is 0 Å². The number of benzene rings is 1. The Bertz CT molecular complexity index is 660. The lowest BCUT2D eigenvalue weighted by Crippen LogP contribution is -2.40. The van der Waals surface area contributed by atoms with Crippen molar-refractivity contribution in [2.24, 2.45) is 10.9 Å². The SMILES string of the molecule is CN(C(=O)CO/N=C(/N)CC(=O)Nc1ccccc1Cl)C1CCCCC1. The predicted molar refractivity (Wildman–Crippen MR) is 102 cm³/mol. The second kappa shape index (κ2) is 10.0. The number of likely N-dealkylation sites (N-methyl/N-ethyl adjacent to an activating group) is 1. The van der Waals surface area contributed by atoms with Crippen LogP contribution in [0.1, 0.15) is 38.5 Å². The van der Waals surface area contributed by atoms with E-state index >= 15 is 0 Å².